The van der Waals surface area contributed by atoms with Crippen LogP contribution in [0.15, 0.2) is 28.6 Å². The van der Waals surface area contributed by atoms with Crippen molar-refractivity contribution in [3.8, 4) is 0 Å². The van der Waals surface area contributed by atoms with E-state index in [0.717, 1.165) is 11.3 Å². The summed E-state index contributed by atoms with van der Waals surface area (Å²) < 4.78 is 0.701. The molecule has 0 saturated heterocycles. The average molecular weight is 322 g/mol. The Bertz CT molecular complexity index is 627. The van der Waals surface area contributed by atoms with E-state index in [-0.39, 0.29) is 11.2 Å². The van der Waals surface area contributed by atoms with Crippen LogP contribution < -0.4 is 11.1 Å². The smallest absolute Gasteiger partial charge is 0.237 e. The topological polar surface area (TPSA) is 80.9 Å². The minimum atomic E-state index is -0.266. The number of carbonyl (C=O) groups is 1. The Labute approximate surface area is 132 Å². The Hall–Kier alpha value is -1.60. The summed E-state index contributed by atoms with van der Waals surface area (Å²) in [5, 5.41) is 10.8. The van der Waals surface area contributed by atoms with Crippen molar-refractivity contribution in [1.82, 2.24) is 10.2 Å². The molecule has 0 aliphatic heterocycles. The molecule has 1 aromatic heterocycles. The molecule has 7 heteroatoms. The molecular formula is C14H18N4OS2. The Morgan fingerprint density at radius 2 is 2.00 bits per heavy atom. The zero-order chi connectivity index (χ0) is 15.4. The first-order valence-electron chi connectivity index (χ1n) is 6.62. The molecule has 1 atom stereocenters. The fourth-order valence-electron chi connectivity index (χ4n) is 1.82. The summed E-state index contributed by atoms with van der Waals surface area (Å²) in [6, 6.07) is 7.86. The molecule has 0 bridgehead atoms. The van der Waals surface area contributed by atoms with Gasteiger partial charge in [-0.25, -0.2) is 0 Å². The average Bonchev–Trinajstić information content (AvgIpc) is 2.84. The van der Waals surface area contributed by atoms with Gasteiger partial charge < -0.3 is 11.1 Å². The van der Waals surface area contributed by atoms with Crippen LogP contribution in [0.5, 0.6) is 0 Å². The van der Waals surface area contributed by atoms with Crippen molar-refractivity contribution in [3.05, 3.63) is 29.8 Å². The summed E-state index contributed by atoms with van der Waals surface area (Å²) in [5.74, 6) is 0.300. The van der Waals surface area contributed by atoms with Crippen molar-refractivity contribution in [2.75, 3.05) is 11.1 Å². The highest BCUT2D eigenvalue weighted by Crippen LogP contribution is 2.29. The predicted octanol–water partition coefficient (Wildman–Crippen LogP) is 3.36. The van der Waals surface area contributed by atoms with Gasteiger partial charge in [-0.1, -0.05) is 55.1 Å². The van der Waals surface area contributed by atoms with Gasteiger partial charge in [0, 0.05) is 5.69 Å². The number of hydrogen-bond donors (Lipinski definition) is 2. The number of nitrogen functional groups attached to an aromatic ring is 1. The maximum absolute atomic E-state index is 12.3. The van der Waals surface area contributed by atoms with Crippen molar-refractivity contribution in [1.29, 1.82) is 0 Å². The molecule has 1 heterocycles. The second kappa shape index (κ2) is 6.91. The van der Waals surface area contributed by atoms with Crippen LogP contribution in [0, 0.1) is 0 Å². The summed E-state index contributed by atoms with van der Waals surface area (Å²) in [6.45, 7) is 6.05. The van der Waals surface area contributed by atoms with Gasteiger partial charge in [0.25, 0.3) is 0 Å². The molecule has 0 aliphatic rings. The number of rotatable bonds is 5. The molecule has 0 saturated carbocycles. The highest BCUT2D eigenvalue weighted by atomic mass is 32.2. The van der Waals surface area contributed by atoms with E-state index in [4.69, 9.17) is 5.73 Å². The van der Waals surface area contributed by atoms with Crippen LogP contribution >= 0.6 is 23.1 Å². The van der Waals surface area contributed by atoms with Crippen LogP contribution in [0.2, 0.25) is 0 Å². The molecule has 0 fully saturated rings. The van der Waals surface area contributed by atoms with Gasteiger partial charge in [0.05, 0.1) is 5.25 Å². The minimum Gasteiger partial charge on any atom is -0.374 e. The molecule has 1 unspecified atom stereocenters. The van der Waals surface area contributed by atoms with Crippen LogP contribution in [0.3, 0.4) is 0 Å². The van der Waals surface area contributed by atoms with E-state index in [1.807, 2.05) is 31.2 Å². The Balaban J connectivity index is 2.04. The number of para-hydroxylation sites is 1. The highest BCUT2D eigenvalue weighted by Gasteiger charge is 2.18. The number of anilines is 2. The number of aromatic nitrogens is 2. The summed E-state index contributed by atoms with van der Waals surface area (Å²) in [7, 11) is 0. The van der Waals surface area contributed by atoms with Crippen LogP contribution in [-0.4, -0.2) is 21.4 Å². The van der Waals surface area contributed by atoms with Crippen LogP contribution in [0.25, 0.3) is 0 Å². The lowest BCUT2D eigenvalue weighted by atomic mass is 10.0. The van der Waals surface area contributed by atoms with E-state index in [9.17, 15) is 4.79 Å². The minimum absolute atomic E-state index is 0.0538. The number of benzene rings is 1. The fourth-order valence-corrected chi connectivity index (χ4v) is 3.60. The first-order chi connectivity index (χ1) is 9.97. The van der Waals surface area contributed by atoms with Crippen molar-refractivity contribution in [2.45, 2.75) is 36.3 Å². The van der Waals surface area contributed by atoms with Crippen molar-refractivity contribution in [3.63, 3.8) is 0 Å². The molecule has 0 radical (unpaired) electrons. The second-order valence-electron chi connectivity index (χ2n) is 4.90. The van der Waals surface area contributed by atoms with Crippen LogP contribution in [-0.2, 0) is 4.79 Å². The number of nitrogens with one attached hydrogen (secondary N) is 1. The highest BCUT2D eigenvalue weighted by molar-refractivity contribution is 8.02. The van der Waals surface area contributed by atoms with Crippen LogP contribution in [0.4, 0.5) is 10.8 Å². The summed E-state index contributed by atoms with van der Waals surface area (Å²) >= 11 is 2.65. The second-order valence-corrected chi connectivity index (χ2v) is 7.49. The number of nitrogens with two attached hydrogens (primary N) is 1. The lowest BCUT2D eigenvalue weighted by molar-refractivity contribution is -0.115. The zero-order valence-corrected chi connectivity index (χ0v) is 13.8. The lowest BCUT2D eigenvalue weighted by Gasteiger charge is -2.15. The largest absolute Gasteiger partial charge is 0.374 e. The zero-order valence-electron chi connectivity index (χ0n) is 12.2. The van der Waals surface area contributed by atoms with Crippen molar-refractivity contribution >= 4 is 39.8 Å². The fraction of sp³-hybridized carbons (Fsp3) is 0.357. The molecular weight excluding hydrogens is 304 g/mol. The lowest BCUT2D eigenvalue weighted by Crippen LogP contribution is -2.23. The van der Waals surface area contributed by atoms with E-state index in [1.54, 1.807) is 0 Å². The van der Waals surface area contributed by atoms with Gasteiger partial charge in [-0.15, -0.1) is 10.2 Å². The van der Waals surface area contributed by atoms with Gasteiger partial charge in [-0.3, -0.25) is 4.79 Å². The number of hydrogen-bond acceptors (Lipinski definition) is 6. The third-order valence-electron chi connectivity index (χ3n) is 2.91. The summed E-state index contributed by atoms with van der Waals surface area (Å²) in [5.41, 5.74) is 7.53. The number of nitrogens with zero attached hydrogens (tertiary/aromatic N) is 2. The third-order valence-corrected chi connectivity index (χ3v) is 4.85. The predicted molar refractivity (Wildman–Crippen MR) is 88.8 cm³/mol. The summed E-state index contributed by atoms with van der Waals surface area (Å²) in [6.07, 6.45) is 0. The van der Waals surface area contributed by atoms with Gasteiger partial charge in [0.2, 0.25) is 11.0 Å². The van der Waals surface area contributed by atoms with E-state index in [0.29, 0.717) is 15.4 Å². The molecule has 2 aromatic rings. The number of thioether (sulfide) groups is 1. The monoisotopic (exact) mass is 322 g/mol. The standard InChI is InChI=1S/C14H18N4OS2/c1-8(2)10-6-4-5-7-11(10)16-12(19)9(3)20-14-18-17-13(15)21-14/h4-9H,1-3H3,(H2,15,17)(H,16,19). The van der Waals surface area contributed by atoms with E-state index >= 15 is 0 Å². The first kappa shape index (κ1) is 15.8. The first-order valence-corrected chi connectivity index (χ1v) is 8.32. The normalized spacial score (nSPS) is 12.4. The molecule has 21 heavy (non-hydrogen) atoms. The van der Waals surface area contributed by atoms with Crippen LogP contribution in [0.1, 0.15) is 32.3 Å². The quantitative estimate of drug-likeness (QED) is 0.825. The third kappa shape index (κ3) is 4.18. The van der Waals surface area contributed by atoms with Gasteiger partial charge in [-0.05, 0) is 24.5 Å². The maximum atomic E-state index is 12.3. The van der Waals surface area contributed by atoms with Gasteiger partial charge in [0.15, 0.2) is 4.34 Å². The molecule has 0 spiro atoms. The molecule has 112 valence electrons. The van der Waals surface area contributed by atoms with E-state index in [2.05, 4.69) is 29.4 Å². The Morgan fingerprint density at radius 3 is 2.62 bits per heavy atom. The SMILES string of the molecule is CC(Sc1nnc(N)s1)C(=O)Nc1ccccc1C(C)C. The maximum Gasteiger partial charge on any atom is 0.237 e. The van der Waals surface area contributed by atoms with Crippen molar-refractivity contribution < 1.29 is 4.79 Å². The molecule has 5 nitrogen and oxygen atoms in total. The van der Waals surface area contributed by atoms with E-state index in [1.165, 1.54) is 23.1 Å². The Kier molecular flexibility index (Phi) is 5.19. The molecule has 1 aromatic carbocycles. The molecule has 0 aliphatic carbocycles. The van der Waals surface area contributed by atoms with Gasteiger partial charge >= 0.3 is 0 Å². The Morgan fingerprint density at radius 1 is 1.29 bits per heavy atom. The molecule has 1 amide bonds. The summed E-state index contributed by atoms with van der Waals surface area (Å²) in [4.78, 5) is 12.3. The van der Waals surface area contributed by atoms with Gasteiger partial charge in [-0.2, -0.15) is 0 Å². The van der Waals surface area contributed by atoms with Gasteiger partial charge in [0.1, 0.15) is 0 Å². The number of amides is 1. The van der Waals surface area contributed by atoms with Crippen molar-refractivity contribution in [2.24, 2.45) is 0 Å². The number of carbonyl (C=O) groups excluding carboxylic acids is 1. The molecule has 3 N–H and O–H groups in total. The molecule has 2 rings (SSSR count). The van der Waals surface area contributed by atoms with E-state index < -0.39 is 0 Å².